The summed E-state index contributed by atoms with van der Waals surface area (Å²) in [6.45, 7) is 10.3. The van der Waals surface area contributed by atoms with Crippen molar-refractivity contribution < 1.29 is 23.8 Å². The minimum absolute atomic E-state index is 0.0199. The molecular weight excluding hydrogens is 412 g/mol. The zero-order chi connectivity index (χ0) is 23.5. The first-order chi connectivity index (χ1) is 15.1. The highest BCUT2D eigenvalue weighted by Gasteiger charge is 2.37. The number of piperazine rings is 1. The fraction of sp³-hybridized carbons (Fsp3) is 0.609. The molecule has 1 fully saturated rings. The van der Waals surface area contributed by atoms with Crippen molar-refractivity contribution in [3.63, 3.8) is 0 Å². The van der Waals surface area contributed by atoms with Gasteiger partial charge in [0.25, 0.3) is 5.91 Å². The lowest BCUT2D eigenvalue weighted by Crippen LogP contribution is -2.55. The zero-order valence-electron chi connectivity index (χ0n) is 19.6. The number of methoxy groups -OCH3 is 1. The van der Waals surface area contributed by atoms with Crippen molar-refractivity contribution in [3.05, 3.63) is 35.4 Å². The van der Waals surface area contributed by atoms with E-state index in [4.69, 9.17) is 19.9 Å². The second-order valence-electron chi connectivity index (χ2n) is 9.17. The Balaban J connectivity index is 1.75. The average Bonchev–Trinajstić information content (AvgIpc) is 2.71. The third-order valence-electron chi connectivity index (χ3n) is 5.57. The van der Waals surface area contributed by atoms with Gasteiger partial charge in [0.1, 0.15) is 12.2 Å². The summed E-state index contributed by atoms with van der Waals surface area (Å²) in [7, 11) is 1.61. The summed E-state index contributed by atoms with van der Waals surface area (Å²) in [6, 6.07) is -0.0199. The van der Waals surface area contributed by atoms with E-state index in [1.54, 1.807) is 18.1 Å². The number of amides is 2. The minimum Gasteiger partial charge on any atom is -0.475 e. The number of hydrogen-bond donors (Lipinski definition) is 1. The quantitative estimate of drug-likeness (QED) is 0.627. The van der Waals surface area contributed by atoms with Crippen LogP contribution in [0, 0.1) is 5.92 Å². The average molecular weight is 447 g/mol. The van der Waals surface area contributed by atoms with Gasteiger partial charge in [0, 0.05) is 44.4 Å². The predicted octanol–water partition coefficient (Wildman–Crippen LogP) is 2.20. The van der Waals surface area contributed by atoms with Crippen molar-refractivity contribution in [2.45, 2.75) is 45.8 Å². The van der Waals surface area contributed by atoms with Gasteiger partial charge in [0.05, 0.1) is 17.9 Å². The van der Waals surface area contributed by atoms with Crippen molar-refractivity contribution >= 4 is 17.7 Å². The zero-order valence-corrected chi connectivity index (χ0v) is 19.6. The maximum absolute atomic E-state index is 12.6. The van der Waals surface area contributed by atoms with Gasteiger partial charge in [-0.05, 0) is 52.3 Å². The van der Waals surface area contributed by atoms with Gasteiger partial charge in [-0.1, -0.05) is 0 Å². The number of rotatable bonds is 6. The number of carbonyl (C=O) groups is 2. The van der Waals surface area contributed by atoms with E-state index in [-0.39, 0.29) is 18.1 Å². The number of ether oxygens (including phenoxy) is 3. The third kappa shape index (κ3) is 5.51. The number of hydrogen-bond acceptors (Lipinski definition) is 7. The standard InChI is InChI=1S/C23H34N4O5/c1-15-14-26(10-11-27(15)22(29)32-23(2,3)4)18-8-6-17(21(24)28)20-16(18)7-9-19(25-20)31-13-12-30-5/h6,8-9,15-16H,7,10-14H2,1-5H3,(H2,24,28)/t15-,16?/m0/s1. The lowest BCUT2D eigenvalue weighted by Gasteiger charge is -2.44. The first-order valence-electron chi connectivity index (χ1n) is 11.0. The molecule has 1 aliphatic carbocycles. The Labute approximate surface area is 189 Å². The maximum Gasteiger partial charge on any atom is 0.410 e. The van der Waals surface area contributed by atoms with Crippen molar-refractivity contribution in [1.82, 2.24) is 9.80 Å². The van der Waals surface area contributed by atoms with Gasteiger partial charge in [-0.25, -0.2) is 9.79 Å². The molecule has 9 nitrogen and oxygen atoms in total. The highest BCUT2D eigenvalue weighted by molar-refractivity contribution is 6.23. The second-order valence-corrected chi connectivity index (χ2v) is 9.17. The van der Waals surface area contributed by atoms with E-state index in [9.17, 15) is 9.59 Å². The summed E-state index contributed by atoms with van der Waals surface area (Å²) >= 11 is 0. The Bertz CT molecular complexity index is 868. The van der Waals surface area contributed by atoms with Gasteiger partial charge in [0.15, 0.2) is 0 Å². The third-order valence-corrected chi connectivity index (χ3v) is 5.57. The summed E-state index contributed by atoms with van der Waals surface area (Å²) in [5.41, 5.74) is 7.19. The van der Waals surface area contributed by atoms with Gasteiger partial charge in [-0.2, -0.15) is 0 Å². The van der Waals surface area contributed by atoms with Crippen LogP contribution in [0.1, 0.15) is 34.1 Å². The maximum atomic E-state index is 12.6. The molecule has 1 saturated heterocycles. The lowest BCUT2D eigenvalue weighted by molar-refractivity contribution is -0.114. The molecule has 0 aromatic rings. The molecule has 2 atom stereocenters. The van der Waals surface area contributed by atoms with Crippen LogP contribution in [-0.4, -0.2) is 79.1 Å². The highest BCUT2D eigenvalue weighted by atomic mass is 16.6. The van der Waals surface area contributed by atoms with Crippen LogP contribution in [-0.2, 0) is 19.0 Å². The van der Waals surface area contributed by atoms with Gasteiger partial charge >= 0.3 is 6.09 Å². The van der Waals surface area contributed by atoms with Crippen molar-refractivity contribution in [3.8, 4) is 0 Å². The van der Waals surface area contributed by atoms with Gasteiger partial charge in [0.2, 0.25) is 5.88 Å². The number of primary amides is 1. The minimum atomic E-state index is -0.529. The molecular formula is C23H34N4O5. The molecule has 2 amide bonds. The van der Waals surface area contributed by atoms with E-state index >= 15 is 0 Å². The molecule has 0 aromatic heterocycles. The lowest BCUT2D eigenvalue weighted by atomic mass is 9.83. The second kappa shape index (κ2) is 9.77. The van der Waals surface area contributed by atoms with Crippen LogP contribution in [0.4, 0.5) is 4.79 Å². The van der Waals surface area contributed by atoms with E-state index in [0.29, 0.717) is 56.4 Å². The Morgan fingerprint density at radius 3 is 2.59 bits per heavy atom. The number of nitrogens with zero attached hydrogens (tertiary/aromatic N) is 3. The van der Waals surface area contributed by atoms with Gasteiger partial charge < -0.3 is 29.7 Å². The molecule has 0 bridgehead atoms. The summed E-state index contributed by atoms with van der Waals surface area (Å²) in [4.78, 5) is 33.2. The van der Waals surface area contributed by atoms with Crippen LogP contribution in [0.3, 0.4) is 0 Å². The van der Waals surface area contributed by atoms with Crippen molar-refractivity contribution in [2.75, 3.05) is 40.0 Å². The summed E-state index contributed by atoms with van der Waals surface area (Å²) in [6.07, 6.45) is 5.97. The fourth-order valence-corrected chi connectivity index (χ4v) is 4.09. The number of fused-ring (bicyclic) bond motifs is 1. The van der Waals surface area contributed by atoms with Crippen LogP contribution in [0.5, 0.6) is 0 Å². The fourth-order valence-electron chi connectivity index (χ4n) is 4.09. The van der Waals surface area contributed by atoms with Crippen LogP contribution in [0.25, 0.3) is 0 Å². The SMILES string of the molecule is COCCOC1=CCC2C(N3CCN(C(=O)OC(C)(C)C)[C@@H](C)C3)=CC=C(C(N)=O)C2=N1. The van der Waals surface area contributed by atoms with Crippen molar-refractivity contribution in [2.24, 2.45) is 16.6 Å². The largest absolute Gasteiger partial charge is 0.475 e. The van der Waals surface area contributed by atoms with Gasteiger partial charge in [-0.3, -0.25) is 4.79 Å². The summed E-state index contributed by atoms with van der Waals surface area (Å²) in [5.74, 6) is -0.118. The molecule has 0 saturated carbocycles. The Hall–Kier alpha value is -2.81. The number of carbonyl (C=O) groups excluding carboxylic acids is 2. The topological polar surface area (TPSA) is 107 Å². The van der Waals surface area contributed by atoms with E-state index in [1.807, 2.05) is 39.8 Å². The molecule has 9 heteroatoms. The Morgan fingerprint density at radius 1 is 1.22 bits per heavy atom. The van der Waals surface area contributed by atoms with Crippen LogP contribution >= 0.6 is 0 Å². The molecule has 3 aliphatic rings. The molecule has 32 heavy (non-hydrogen) atoms. The van der Waals surface area contributed by atoms with E-state index < -0.39 is 11.5 Å². The normalized spacial score (nSPS) is 23.4. The van der Waals surface area contributed by atoms with Gasteiger partial charge in [-0.15, -0.1) is 0 Å². The van der Waals surface area contributed by atoms with E-state index in [2.05, 4.69) is 9.89 Å². The first kappa shape index (κ1) is 23.8. The smallest absolute Gasteiger partial charge is 0.410 e. The molecule has 1 unspecified atom stereocenters. The molecule has 0 aromatic carbocycles. The molecule has 0 radical (unpaired) electrons. The highest BCUT2D eigenvalue weighted by Crippen LogP contribution is 2.34. The summed E-state index contributed by atoms with van der Waals surface area (Å²) in [5, 5.41) is 0. The van der Waals surface area contributed by atoms with E-state index in [1.165, 1.54) is 0 Å². The monoisotopic (exact) mass is 446 g/mol. The molecule has 2 aliphatic heterocycles. The first-order valence-corrected chi connectivity index (χ1v) is 11.0. The Morgan fingerprint density at radius 2 is 1.97 bits per heavy atom. The molecule has 3 rings (SSSR count). The van der Waals surface area contributed by atoms with Crippen LogP contribution < -0.4 is 5.73 Å². The van der Waals surface area contributed by atoms with Crippen LogP contribution in [0.15, 0.2) is 40.4 Å². The molecule has 2 heterocycles. The van der Waals surface area contributed by atoms with Crippen molar-refractivity contribution in [1.29, 1.82) is 0 Å². The van der Waals surface area contributed by atoms with Crippen LogP contribution in [0.2, 0.25) is 0 Å². The number of allylic oxidation sites excluding steroid dienone is 4. The predicted molar refractivity (Wildman–Crippen MR) is 121 cm³/mol. The molecule has 176 valence electrons. The number of nitrogens with two attached hydrogens (primary N) is 1. The summed E-state index contributed by atoms with van der Waals surface area (Å²) < 4.78 is 16.2. The molecule has 0 spiro atoms. The number of aliphatic imine (C=N–C) groups is 1. The Kier molecular flexibility index (Phi) is 7.28. The van der Waals surface area contributed by atoms with E-state index in [0.717, 1.165) is 5.70 Å². The molecule has 2 N–H and O–H groups in total.